The topological polar surface area (TPSA) is 50.3 Å². The molecule has 0 unspecified atom stereocenters. The summed E-state index contributed by atoms with van der Waals surface area (Å²) in [6.07, 6.45) is 2.39. The molecular formula is C11H12N2O2. The number of pyridine rings is 1. The van der Waals surface area contributed by atoms with Crippen molar-refractivity contribution in [3.8, 4) is 0 Å². The minimum absolute atomic E-state index is 0.0828. The highest BCUT2D eigenvalue weighted by Crippen LogP contribution is 2.15. The van der Waals surface area contributed by atoms with Crippen LogP contribution in [0.5, 0.6) is 0 Å². The normalized spacial score (nSPS) is 16.2. The smallest absolute Gasteiger partial charge is 0.229 e. The Labute approximate surface area is 87.9 Å². The van der Waals surface area contributed by atoms with Crippen molar-refractivity contribution in [1.82, 2.24) is 9.88 Å². The number of carbonyl (C=O) groups excluding carboxylic acids is 2. The maximum absolute atomic E-state index is 11.3. The minimum Gasteiger partial charge on any atom is -0.278 e. The summed E-state index contributed by atoms with van der Waals surface area (Å²) in [5, 5.41) is 0. The van der Waals surface area contributed by atoms with Gasteiger partial charge in [-0.3, -0.25) is 19.5 Å². The summed E-state index contributed by atoms with van der Waals surface area (Å²) >= 11 is 0. The van der Waals surface area contributed by atoms with E-state index in [1.165, 1.54) is 4.90 Å². The van der Waals surface area contributed by atoms with Gasteiger partial charge in [-0.05, 0) is 18.6 Å². The molecule has 2 amide bonds. The maximum Gasteiger partial charge on any atom is 0.229 e. The van der Waals surface area contributed by atoms with Gasteiger partial charge >= 0.3 is 0 Å². The summed E-state index contributed by atoms with van der Waals surface area (Å²) < 4.78 is 0. The van der Waals surface area contributed by atoms with E-state index in [1.807, 2.05) is 19.1 Å². The van der Waals surface area contributed by atoms with E-state index in [0.29, 0.717) is 19.4 Å². The van der Waals surface area contributed by atoms with Crippen molar-refractivity contribution in [1.29, 1.82) is 0 Å². The lowest BCUT2D eigenvalue weighted by atomic mass is 10.2. The number of amides is 2. The van der Waals surface area contributed by atoms with E-state index in [0.717, 1.165) is 11.3 Å². The minimum atomic E-state index is -0.0828. The van der Waals surface area contributed by atoms with Crippen molar-refractivity contribution >= 4 is 11.8 Å². The molecule has 4 nitrogen and oxygen atoms in total. The molecular weight excluding hydrogens is 192 g/mol. The zero-order chi connectivity index (χ0) is 10.8. The lowest BCUT2D eigenvalue weighted by molar-refractivity contribution is -0.139. The Morgan fingerprint density at radius 2 is 1.93 bits per heavy atom. The molecule has 1 aromatic heterocycles. The lowest BCUT2D eigenvalue weighted by Crippen LogP contribution is -2.28. The third-order valence-corrected chi connectivity index (χ3v) is 2.47. The van der Waals surface area contributed by atoms with Crippen LogP contribution in [0, 0.1) is 6.92 Å². The average Bonchev–Trinajstić information content (AvgIpc) is 2.53. The van der Waals surface area contributed by atoms with Crippen LogP contribution in [0.15, 0.2) is 18.3 Å². The fraction of sp³-hybridized carbons (Fsp3) is 0.364. The molecule has 0 aliphatic carbocycles. The molecule has 0 saturated carbocycles. The fourth-order valence-electron chi connectivity index (χ4n) is 1.57. The van der Waals surface area contributed by atoms with Gasteiger partial charge in [-0.15, -0.1) is 0 Å². The van der Waals surface area contributed by atoms with Crippen LogP contribution < -0.4 is 0 Å². The van der Waals surface area contributed by atoms with Crippen molar-refractivity contribution < 1.29 is 9.59 Å². The van der Waals surface area contributed by atoms with Crippen molar-refractivity contribution in [2.75, 3.05) is 0 Å². The summed E-state index contributed by atoms with van der Waals surface area (Å²) in [5.41, 5.74) is 1.82. The Morgan fingerprint density at radius 3 is 2.47 bits per heavy atom. The average molecular weight is 204 g/mol. The predicted molar refractivity (Wildman–Crippen MR) is 53.8 cm³/mol. The third kappa shape index (κ3) is 2.03. The van der Waals surface area contributed by atoms with Gasteiger partial charge in [-0.1, -0.05) is 6.07 Å². The SMILES string of the molecule is Cc1ccc(CN2C(=O)CCC2=O)cn1. The lowest BCUT2D eigenvalue weighted by Gasteiger charge is -2.13. The summed E-state index contributed by atoms with van der Waals surface area (Å²) in [4.78, 5) is 28.1. The highest BCUT2D eigenvalue weighted by atomic mass is 16.2. The van der Waals surface area contributed by atoms with E-state index < -0.39 is 0 Å². The van der Waals surface area contributed by atoms with Crippen LogP contribution in [-0.2, 0) is 16.1 Å². The molecule has 0 radical (unpaired) electrons. The number of nitrogens with zero attached hydrogens (tertiary/aromatic N) is 2. The molecule has 1 aromatic rings. The predicted octanol–water partition coefficient (Wildman–Crippen LogP) is 1.04. The summed E-state index contributed by atoms with van der Waals surface area (Å²) in [6, 6.07) is 3.77. The Balaban J connectivity index is 2.11. The van der Waals surface area contributed by atoms with Crippen LogP contribution in [-0.4, -0.2) is 21.7 Å². The van der Waals surface area contributed by atoms with E-state index in [-0.39, 0.29) is 11.8 Å². The second-order valence-corrected chi connectivity index (χ2v) is 3.68. The first kappa shape index (κ1) is 9.83. The number of rotatable bonds is 2. The monoisotopic (exact) mass is 204 g/mol. The van der Waals surface area contributed by atoms with Crippen molar-refractivity contribution in [3.63, 3.8) is 0 Å². The number of hydrogen-bond acceptors (Lipinski definition) is 3. The Morgan fingerprint density at radius 1 is 1.27 bits per heavy atom. The first-order valence-electron chi connectivity index (χ1n) is 4.91. The molecule has 15 heavy (non-hydrogen) atoms. The van der Waals surface area contributed by atoms with Crippen LogP contribution in [0.3, 0.4) is 0 Å². The maximum atomic E-state index is 11.3. The van der Waals surface area contributed by atoms with Gasteiger partial charge in [0.05, 0.1) is 6.54 Å². The molecule has 78 valence electrons. The van der Waals surface area contributed by atoms with Crippen molar-refractivity contribution in [2.24, 2.45) is 0 Å². The van der Waals surface area contributed by atoms with Crippen LogP contribution in [0.4, 0.5) is 0 Å². The zero-order valence-corrected chi connectivity index (χ0v) is 8.56. The number of imide groups is 1. The molecule has 0 N–H and O–H groups in total. The number of carbonyl (C=O) groups is 2. The number of aromatic nitrogens is 1. The molecule has 2 heterocycles. The van der Waals surface area contributed by atoms with Crippen molar-refractivity contribution in [3.05, 3.63) is 29.6 Å². The van der Waals surface area contributed by atoms with E-state index in [2.05, 4.69) is 4.98 Å². The molecule has 0 bridgehead atoms. The van der Waals surface area contributed by atoms with E-state index in [1.54, 1.807) is 6.20 Å². The van der Waals surface area contributed by atoms with Crippen LogP contribution in [0.1, 0.15) is 24.1 Å². The molecule has 2 rings (SSSR count). The molecule has 1 fully saturated rings. The van der Waals surface area contributed by atoms with Crippen molar-refractivity contribution in [2.45, 2.75) is 26.3 Å². The van der Waals surface area contributed by atoms with E-state index >= 15 is 0 Å². The molecule has 1 saturated heterocycles. The number of likely N-dealkylation sites (tertiary alicyclic amines) is 1. The first-order chi connectivity index (χ1) is 7.16. The molecule has 0 aromatic carbocycles. The Bertz CT molecular complexity index is 382. The number of hydrogen-bond donors (Lipinski definition) is 0. The molecule has 0 atom stereocenters. The summed E-state index contributed by atoms with van der Waals surface area (Å²) in [6.45, 7) is 2.25. The van der Waals surface area contributed by atoms with Crippen LogP contribution >= 0.6 is 0 Å². The van der Waals surface area contributed by atoms with Gasteiger partial charge in [0.1, 0.15) is 0 Å². The highest BCUT2D eigenvalue weighted by Gasteiger charge is 2.28. The van der Waals surface area contributed by atoms with Crippen LogP contribution in [0.2, 0.25) is 0 Å². The molecule has 1 aliphatic rings. The Kier molecular flexibility index (Phi) is 2.49. The largest absolute Gasteiger partial charge is 0.278 e. The van der Waals surface area contributed by atoms with Gasteiger partial charge in [0, 0.05) is 24.7 Å². The van der Waals surface area contributed by atoms with E-state index in [4.69, 9.17) is 0 Å². The highest BCUT2D eigenvalue weighted by molar-refractivity contribution is 6.01. The van der Waals surface area contributed by atoms with E-state index in [9.17, 15) is 9.59 Å². The standard InChI is InChI=1S/C11H12N2O2/c1-8-2-3-9(6-12-8)7-13-10(14)4-5-11(13)15/h2-3,6H,4-5,7H2,1H3. The second kappa shape index (κ2) is 3.81. The summed E-state index contributed by atoms with van der Waals surface area (Å²) in [5.74, 6) is -0.166. The Hall–Kier alpha value is -1.71. The van der Waals surface area contributed by atoms with Gasteiger partial charge in [-0.2, -0.15) is 0 Å². The summed E-state index contributed by atoms with van der Waals surface area (Å²) in [7, 11) is 0. The second-order valence-electron chi connectivity index (χ2n) is 3.68. The molecule has 4 heteroatoms. The molecule has 0 spiro atoms. The van der Waals surface area contributed by atoms with Gasteiger partial charge in [0.2, 0.25) is 11.8 Å². The van der Waals surface area contributed by atoms with Gasteiger partial charge in [0.15, 0.2) is 0 Å². The molecule has 1 aliphatic heterocycles. The van der Waals surface area contributed by atoms with Gasteiger partial charge < -0.3 is 0 Å². The first-order valence-corrected chi connectivity index (χ1v) is 4.91. The van der Waals surface area contributed by atoms with Gasteiger partial charge in [-0.25, -0.2) is 0 Å². The van der Waals surface area contributed by atoms with Crippen LogP contribution in [0.25, 0.3) is 0 Å². The zero-order valence-electron chi connectivity index (χ0n) is 8.56. The van der Waals surface area contributed by atoms with Gasteiger partial charge in [0.25, 0.3) is 0 Å². The quantitative estimate of drug-likeness (QED) is 0.676. The fourth-order valence-corrected chi connectivity index (χ4v) is 1.57. The number of aryl methyl sites for hydroxylation is 1. The third-order valence-electron chi connectivity index (χ3n) is 2.47.